The summed E-state index contributed by atoms with van der Waals surface area (Å²) in [6.07, 6.45) is 83.5. The second-order valence-electron chi connectivity index (χ2n) is 24.5. The number of esters is 3. The number of hydrogen-bond donors (Lipinski definition) is 0. The van der Waals surface area contributed by atoms with Gasteiger partial charge >= 0.3 is 17.9 Å². The number of carbonyl (C=O) groups is 3. The van der Waals surface area contributed by atoms with E-state index in [4.69, 9.17) is 14.2 Å². The van der Waals surface area contributed by atoms with Crippen LogP contribution in [0.4, 0.5) is 0 Å². The molecule has 0 radical (unpaired) electrons. The Morgan fingerprint density at radius 2 is 0.418 bits per heavy atom. The van der Waals surface area contributed by atoms with Crippen molar-refractivity contribution < 1.29 is 28.6 Å². The van der Waals surface area contributed by atoms with Gasteiger partial charge in [0, 0.05) is 19.3 Å². The molecule has 0 aromatic carbocycles. The van der Waals surface area contributed by atoms with Gasteiger partial charge in [-0.05, 0) is 70.6 Å². The minimum Gasteiger partial charge on any atom is -0.462 e. The van der Waals surface area contributed by atoms with Gasteiger partial charge < -0.3 is 14.2 Å². The van der Waals surface area contributed by atoms with Gasteiger partial charge in [-0.25, -0.2) is 0 Å². The number of hydrogen-bond acceptors (Lipinski definition) is 6. The van der Waals surface area contributed by atoms with Crippen molar-refractivity contribution in [3.05, 3.63) is 24.3 Å². The first kappa shape index (κ1) is 76.9. The zero-order valence-corrected chi connectivity index (χ0v) is 53.7. The zero-order valence-electron chi connectivity index (χ0n) is 53.7. The monoisotopic (exact) mass is 1110 g/mol. The van der Waals surface area contributed by atoms with Gasteiger partial charge in [0.25, 0.3) is 0 Å². The van der Waals surface area contributed by atoms with Crippen LogP contribution in [0, 0.1) is 0 Å². The molecule has 6 heteroatoms. The molecule has 6 nitrogen and oxygen atoms in total. The lowest BCUT2D eigenvalue weighted by Crippen LogP contribution is -2.30. The lowest BCUT2D eigenvalue weighted by molar-refractivity contribution is -0.167. The molecule has 0 rings (SSSR count). The van der Waals surface area contributed by atoms with E-state index in [-0.39, 0.29) is 31.1 Å². The van der Waals surface area contributed by atoms with Crippen LogP contribution in [-0.2, 0) is 28.6 Å². The first-order chi connectivity index (χ1) is 39.0. The molecule has 1 unspecified atom stereocenters. The van der Waals surface area contributed by atoms with E-state index in [1.165, 1.54) is 308 Å². The zero-order chi connectivity index (χ0) is 57.1. The highest BCUT2D eigenvalue weighted by Gasteiger charge is 2.19. The van der Waals surface area contributed by atoms with Gasteiger partial charge in [0.05, 0.1) is 0 Å². The summed E-state index contributed by atoms with van der Waals surface area (Å²) >= 11 is 0. The van der Waals surface area contributed by atoms with Crippen molar-refractivity contribution in [3.63, 3.8) is 0 Å². The van der Waals surface area contributed by atoms with Crippen LogP contribution in [0.25, 0.3) is 0 Å². The van der Waals surface area contributed by atoms with Crippen molar-refractivity contribution in [2.75, 3.05) is 13.2 Å². The van der Waals surface area contributed by atoms with Crippen molar-refractivity contribution in [2.45, 2.75) is 412 Å². The van der Waals surface area contributed by atoms with Gasteiger partial charge in [0.2, 0.25) is 0 Å². The Kier molecular flexibility index (Phi) is 66.6. The minimum atomic E-state index is -0.769. The summed E-state index contributed by atoms with van der Waals surface area (Å²) in [5.74, 6) is -0.834. The van der Waals surface area contributed by atoms with Crippen molar-refractivity contribution in [2.24, 2.45) is 0 Å². The maximum atomic E-state index is 13.0. The molecule has 0 saturated heterocycles. The molecule has 0 aromatic heterocycles. The van der Waals surface area contributed by atoms with Crippen LogP contribution in [0.15, 0.2) is 24.3 Å². The third-order valence-corrected chi connectivity index (χ3v) is 16.4. The van der Waals surface area contributed by atoms with E-state index in [0.717, 1.165) is 57.8 Å². The van der Waals surface area contributed by atoms with E-state index < -0.39 is 6.10 Å². The number of unbranched alkanes of at least 4 members (excludes halogenated alkanes) is 52. The second kappa shape index (κ2) is 68.4. The van der Waals surface area contributed by atoms with Crippen molar-refractivity contribution >= 4 is 17.9 Å². The van der Waals surface area contributed by atoms with E-state index in [1.807, 2.05) is 0 Å². The fraction of sp³-hybridized carbons (Fsp3) is 0.904. The molecule has 0 aliphatic carbocycles. The molecule has 0 N–H and O–H groups in total. The molecule has 0 saturated carbocycles. The second-order valence-corrected chi connectivity index (χ2v) is 24.5. The summed E-state index contributed by atoms with van der Waals surface area (Å²) in [5, 5.41) is 0. The highest BCUT2D eigenvalue weighted by atomic mass is 16.6. The van der Waals surface area contributed by atoms with Crippen LogP contribution >= 0.6 is 0 Å². The number of rotatable bonds is 67. The quantitative estimate of drug-likeness (QED) is 0.0261. The highest BCUT2D eigenvalue weighted by Crippen LogP contribution is 2.18. The van der Waals surface area contributed by atoms with Gasteiger partial charge in [0.15, 0.2) is 6.10 Å². The summed E-state index contributed by atoms with van der Waals surface area (Å²) < 4.78 is 17.0. The van der Waals surface area contributed by atoms with Crippen molar-refractivity contribution in [1.29, 1.82) is 0 Å². The molecule has 0 bridgehead atoms. The Morgan fingerprint density at radius 3 is 0.633 bits per heavy atom. The standard InChI is InChI=1S/C73H138O6/c1-4-7-10-13-16-19-22-25-27-29-31-33-35-36-38-39-41-43-45-48-51-54-57-60-63-66-72(75)78-69-70(68-77-71(74)65-62-59-56-53-50-47-24-21-18-15-12-9-6-3)79-73(76)67-64-61-58-55-52-49-46-44-42-40-37-34-32-30-28-26-23-20-17-14-11-8-5-2/h29-32,70H,4-28,33-69H2,1-3H3/b31-29-,32-30-. The fourth-order valence-corrected chi connectivity index (χ4v) is 11.0. The summed E-state index contributed by atoms with van der Waals surface area (Å²) in [4.78, 5) is 38.4. The van der Waals surface area contributed by atoms with Gasteiger partial charge in [-0.2, -0.15) is 0 Å². The van der Waals surface area contributed by atoms with Gasteiger partial charge in [-0.15, -0.1) is 0 Å². The maximum Gasteiger partial charge on any atom is 0.306 e. The Hall–Kier alpha value is -2.11. The van der Waals surface area contributed by atoms with Crippen molar-refractivity contribution in [1.82, 2.24) is 0 Å². The van der Waals surface area contributed by atoms with Crippen molar-refractivity contribution in [3.8, 4) is 0 Å². The summed E-state index contributed by atoms with van der Waals surface area (Å²) in [7, 11) is 0. The normalized spacial score (nSPS) is 12.1. The molecule has 0 amide bonds. The smallest absolute Gasteiger partial charge is 0.306 e. The van der Waals surface area contributed by atoms with Crippen LogP contribution in [0.1, 0.15) is 406 Å². The Bertz CT molecular complexity index is 1270. The highest BCUT2D eigenvalue weighted by molar-refractivity contribution is 5.71. The van der Waals surface area contributed by atoms with E-state index in [1.54, 1.807) is 0 Å². The maximum absolute atomic E-state index is 13.0. The predicted molar refractivity (Wildman–Crippen MR) is 344 cm³/mol. The molecular weight excluding hydrogens is 973 g/mol. The lowest BCUT2D eigenvalue weighted by Gasteiger charge is -2.18. The SMILES string of the molecule is CCCCCCCCCC/C=C\CCCCCCCCCCCCCCCC(=O)OCC(COC(=O)CCCCCCCCCCCCCCC)OC(=O)CCCCCCCCCCCCC/C=C\CCCCCCCCCC. The van der Waals surface area contributed by atoms with Crippen LogP contribution in [0.2, 0.25) is 0 Å². The summed E-state index contributed by atoms with van der Waals surface area (Å²) in [6, 6.07) is 0. The average molecular weight is 1110 g/mol. The van der Waals surface area contributed by atoms with E-state index in [2.05, 4.69) is 45.1 Å². The third-order valence-electron chi connectivity index (χ3n) is 16.4. The van der Waals surface area contributed by atoms with Crippen LogP contribution in [0.3, 0.4) is 0 Å². The first-order valence-corrected chi connectivity index (χ1v) is 35.8. The fourth-order valence-electron chi connectivity index (χ4n) is 11.0. The van der Waals surface area contributed by atoms with E-state index in [9.17, 15) is 14.4 Å². The van der Waals surface area contributed by atoms with Gasteiger partial charge in [-0.3, -0.25) is 14.4 Å². The van der Waals surface area contributed by atoms with Gasteiger partial charge in [0.1, 0.15) is 13.2 Å². The Morgan fingerprint density at radius 1 is 0.241 bits per heavy atom. The molecule has 1 atom stereocenters. The molecule has 79 heavy (non-hydrogen) atoms. The van der Waals surface area contributed by atoms with Crippen LogP contribution < -0.4 is 0 Å². The molecule has 0 aromatic rings. The summed E-state index contributed by atoms with van der Waals surface area (Å²) in [5.41, 5.74) is 0. The molecule has 0 fully saturated rings. The first-order valence-electron chi connectivity index (χ1n) is 35.8. The molecular formula is C73H138O6. The van der Waals surface area contributed by atoms with E-state index in [0.29, 0.717) is 19.3 Å². The van der Waals surface area contributed by atoms with Gasteiger partial charge in [-0.1, -0.05) is 340 Å². The van der Waals surface area contributed by atoms with Crippen LogP contribution in [-0.4, -0.2) is 37.2 Å². The molecule has 466 valence electrons. The lowest BCUT2D eigenvalue weighted by atomic mass is 10.0. The molecule has 0 spiro atoms. The number of allylic oxidation sites excluding steroid dienone is 4. The third kappa shape index (κ3) is 66.6. The Labute approximate surface area is 493 Å². The number of ether oxygens (including phenoxy) is 3. The molecule has 0 aliphatic heterocycles. The molecule has 0 heterocycles. The Balaban J connectivity index is 4.22. The predicted octanol–water partition coefficient (Wildman–Crippen LogP) is 24.6. The minimum absolute atomic E-state index is 0.0654. The molecule has 0 aliphatic rings. The average Bonchev–Trinajstić information content (AvgIpc) is 3.45. The topological polar surface area (TPSA) is 78.9 Å². The van der Waals surface area contributed by atoms with Crippen LogP contribution in [0.5, 0.6) is 0 Å². The van der Waals surface area contributed by atoms with E-state index >= 15 is 0 Å². The number of carbonyl (C=O) groups excluding carboxylic acids is 3. The summed E-state index contributed by atoms with van der Waals surface area (Å²) in [6.45, 7) is 6.72. The largest absolute Gasteiger partial charge is 0.462 e.